The van der Waals surface area contributed by atoms with Crippen LogP contribution < -0.4 is 15.4 Å². The van der Waals surface area contributed by atoms with Crippen LogP contribution >= 0.6 is 0 Å². The Morgan fingerprint density at radius 3 is 2.92 bits per heavy atom. The van der Waals surface area contributed by atoms with Crippen LogP contribution in [-0.4, -0.2) is 44.4 Å². The fourth-order valence-corrected chi connectivity index (χ4v) is 4.20. The highest BCUT2D eigenvalue weighted by Crippen LogP contribution is 2.51. The molecule has 0 amide bonds. The number of ether oxygens (including phenoxy) is 2. The largest absolute Gasteiger partial charge is 0.486 e. The molecule has 3 rings (SSSR count). The van der Waals surface area contributed by atoms with Gasteiger partial charge in [0.15, 0.2) is 17.5 Å². The Bertz CT molecular complexity index is 650. The highest BCUT2D eigenvalue weighted by atomic mass is 19.1. The molecule has 2 fully saturated rings. The van der Waals surface area contributed by atoms with Crippen molar-refractivity contribution in [1.82, 2.24) is 10.6 Å². The predicted molar refractivity (Wildman–Crippen MR) is 101 cm³/mol. The first-order valence-electron chi connectivity index (χ1n) is 9.43. The van der Waals surface area contributed by atoms with E-state index in [0.29, 0.717) is 24.6 Å². The smallest absolute Gasteiger partial charge is 0.191 e. The Morgan fingerprint density at radius 2 is 2.19 bits per heavy atom. The lowest BCUT2D eigenvalue weighted by Crippen LogP contribution is -2.71. The van der Waals surface area contributed by atoms with E-state index in [4.69, 9.17) is 9.47 Å². The summed E-state index contributed by atoms with van der Waals surface area (Å²) < 4.78 is 25.3. The molecule has 1 aliphatic heterocycles. The van der Waals surface area contributed by atoms with Gasteiger partial charge in [-0.3, -0.25) is 4.99 Å². The number of benzene rings is 1. The average molecular weight is 363 g/mol. The van der Waals surface area contributed by atoms with Gasteiger partial charge in [-0.1, -0.05) is 26.0 Å². The van der Waals surface area contributed by atoms with E-state index in [2.05, 4.69) is 29.5 Å². The lowest BCUT2D eigenvalue weighted by atomic mass is 9.55. The van der Waals surface area contributed by atoms with Crippen LogP contribution in [0.3, 0.4) is 0 Å². The summed E-state index contributed by atoms with van der Waals surface area (Å²) in [4.78, 5) is 4.33. The summed E-state index contributed by atoms with van der Waals surface area (Å²) in [5.74, 6) is 1.20. The number of hydrogen-bond acceptors (Lipinski definition) is 3. The molecule has 5 nitrogen and oxygen atoms in total. The second-order valence-corrected chi connectivity index (χ2v) is 7.85. The van der Waals surface area contributed by atoms with Crippen LogP contribution in [-0.2, 0) is 4.74 Å². The molecule has 1 saturated carbocycles. The quantitative estimate of drug-likeness (QED) is 0.624. The van der Waals surface area contributed by atoms with Crippen molar-refractivity contribution >= 4 is 5.96 Å². The zero-order valence-corrected chi connectivity index (χ0v) is 16.1. The molecule has 4 atom stereocenters. The van der Waals surface area contributed by atoms with E-state index in [1.807, 2.05) is 6.92 Å². The predicted octanol–water partition coefficient (Wildman–Crippen LogP) is 2.96. The van der Waals surface area contributed by atoms with E-state index in [-0.39, 0.29) is 23.1 Å². The molecule has 0 aromatic heterocycles. The maximum Gasteiger partial charge on any atom is 0.191 e. The number of fused-ring (bicyclic) bond motifs is 1. The molecule has 1 aromatic rings. The first kappa shape index (κ1) is 19.0. The van der Waals surface area contributed by atoms with Gasteiger partial charge >= 0.3 is 0 Å². The number of halogens is 1. The minimum absolute atomic E-state index is 0.0813. The van der Waals surface area contributed by atoms with E-state index >= 15 is 0 Å². The molecule has 1 aliphatic carbocycles. The lowest BCUT2D eigenvalue weighted by Gasteiger charge is -2.60. The standard InChI is InChI=1S/C20H30FN3O2/c1-13(26-16-10-6-5-9-15(16)21)12-23-19(22-4)24-17-14-8-7-11-25-18(14)20(17,2)3/h5-6,9-10,13-14,17-18H,7-8,11-12H2,1-4H3,(H2,22,23,24). The lowest BCUT2D eigenvalue weighted by molar-refractivity contribution is -0.188. The van der Waals surface area contributed by atoms with Gasteiger partial charge in [0, 0.05) is 31.0 Å². The molecule has 144 valence electrons. The fourth-order valence-electron chi connectivity index (χ4n) is 4.20. The molecule has 0 bridgehead atoms. The first-order valence-corrected chi connectivity index (χ1v) is 9.43. The van der Waals surface area contributed by atoms with E-state index in [0.717, 1.165) is 19.0 Å². The maximum absolute atomic E-state index is 13.7. The molecule has 2 N–H and O–H groups in total. The molecule has 4 unspecified atom stereocenters. The summed E-state index contributed by atoms with van der Waals surface area (Å²) in [5.41, 5.74) is 0.0813. The Kier molecular flexibility index (Phi) is 5.70. The molecule has 0 spiro atoms. The van der Waals surface area contributed by atoms with Gasteiger partial charge < -0.3 is 20.1 Å². The molecule has 1 aromatic carbocycles. The number of para-hydroxylation sites is 1. The SMILES string of the molecule is CN=C(NCC(C)Oc1ccccc1F)NC1C2CCCOC2C1(C)C. The Morgan fingerprint density at radius 1 is 1.42 bits per heavy atom. The Balaban J connectivity index is 1.51. The molecule has 0 radical (unpaired) electrons. The first-order chi connectivity index (χ1) is 12.4. The van der Waals surface area contributed by atoms with Crippen molar-refractivity contribution in [3.63, 3.8) is 0 Å². The summed E-state index contributed by atoms with van der Waals surface area (Å²) in [6.45, 7) is 7.80. The van der Waals surface area contributed by atoms with Crippen LogP contribution in [0.1, 0.15) is 33.6 Å². The zero-order chi connectivity index (χ0) is 18.7. The normalized spacial score (nSPS) is 28.5. The van der Waals surface area contributed by atoms with E-state index < -0.39 is 0 Å². The molecule has 2 aliphatic rings. The van der Waals surface area contributed by atoms with Crippen molar-refractivity contribution in [1.29, 1.82) is 0 Å². The Labute approximate surface area is 155 Å². The van der Waals surface area contributed by atoms with Crippen molar-refractivity contribution in [2.45, 2.75) is 51.9 Å². The minimum Gasteiger partial charge on any atom is -0.486 e. The number of rotatable bonds is 5. The van der Waals surface area contributed by atoms with Gasteiger partial charge in [0.25, 0.3) is 0 Å². The van der Waals surface area contributed by atoms with Crippen LogP contribution in [0.2, 0.25) is 0 Å². The van der Waals surface area contributed by atoms with Crippen molar-refractivity contribution < 1.29 is 13.9 Å². The molecular formula is C20H30FN3O2. The molecule has 1 saturated heterocycles. The zero-order valence-electron chi connectivity index (χ0n) is 16.1. The summed E-state index contributed by atoms with van der Waals surface area (Å²) in [6, 6.07) is 6.79. The van der Waals surface area contributed by atoms with E-state index in [9.17, 15) is 4.39 Å². The third kappa shape index (κ3) is 3.80. The summed E-state index contributed by atoms with van der Waals surface area (Å²) in [7, 11) is 1.76. The summed E-state index contributed by atoms with van der Waals surface area (Å²) in [6.07, 6.45) is 2.45. The third-order valence-corrected chi connectivity index (χ3v) is 5.57. The topological polar surface area (TPSA) is 54.9 Å². The molecule has 1 heterocycles. The van der Waals surface area contributed by atoms with Crippen molar-refractivity contribution in [2.75, 3.05) is 20.2 Å². The van der Waals surface area contributed by atoms with Gasteiger partial charge in [0.05, 0.1) is 12.6 Å². The van der Waals surface area contributed by atoms with Crippen LogP contribution in [0.25, 0.3) is 0 Å². The van der Waals surface area contributed by atoms with Crippen LogP contribution in [0.4, 0.5) is 4.39 Å². The number of nitrogens with zero attached hydrogens (tertiary/aromatic N) is 1. The van der Waals surface area contributed by atoms with Gasteiger partial charge in [0.2, 0.25) is 0 Å². The molecular weight excluding hydrogens is 333 g/mol. The van der Waals surface area contributed by atoms with Gasteiger partial charge in [0.1, 0.15) is 6.10 Å². The average Bonchev–Trinajstić information content (AvgIpc) is 2.63. The van der Waals surface area contributed by atoms with E-state index in [1.165, 1.54) is 12.5 Å². The van der Waals surface area contributed by atoms with Gasteiger partial charge in [-0.15, -0.1) is 0 Å². The highest BCUT2D eigenvalue weighted by Gasteiger charge is 2.58. The van der Waals surface area contributed by atoms with Gasteiger partial charge in [-0.05, 0) is 31.9 Å². The maximum atomic E-state index is 13.7. The Hall–Kier alpha value is -1.82. The molecule has 6 heteroatoms. The summed E-state index contributed by atoms with van der Waals surface area (Å²) >= 11 is 0. The van der Waals surface area contributed by atoms with Crippen molar-refractivity contribution in [2.24, 2.45) is 16.3 Å². The van der Waals surface area contributed by atoms with E-state index in [1.54, 1.807) is 25.2 Å². The second-order valence-electron chi connectivity index (χ2n) is 7.85. The fraction of sp³-hybridized carbons (Fsp3) is 0.650. The minimum atomic E-state index is -0.346. The van der Waals surface area contributed by atoms with Crippen molar-refractivity contribution in [3.05, 3.63) is 30.1 Å². The number of nitrogens with one attached hydrogen (secondary N) is 2. The monoisotopic (exact) mass is 363 g/mol. The number of hydrogen-bond donors (Lipinski definition) is 2. The summed E-state index contributed by atoms with van der Waals surface area (Å²) in [5, 5.41) is 6.84. The van der Waals surface area contributed by atoms with Crippen molar-refractivity contribution in [3.8, 4) is 5.75 Å². The van der Waals surface area contributed by atoms with Crippen LogP contribution in [0.15, 0.2) is 29.3 Å². The highest BCUT2D eigenvalue weighted by molar-refractivity contribution is 5.80. The van der Waals surface area contributed by atoms with Gasteiger partial charge in [-0.25, -0.2) is 4.39 Å². The van der Waals surface area contributed by atoms with Crippen LogP contribution in [0.5, 0.6) is 5.75 Å². The number of aliphatic imine (C=N–C) groups is 1. The third-order valence-electron chi connectivity index (χ3n) is 5.57. The second kappa shape index (κ2) is 7.82. The molecule has 26 heavy (non-hydrogen) atoms. The van der Waals surface area contributed by atoms with Crippen LogP contribution in [0, 0.1) is 17.2 Å². The van der Waals surface area contributed by atoms with Gasteiger partial charge in [-0.2, -0.15) is 0 Å². The number of guanidine groups is 1.